The quantitative estimate of drug-likeness (QED) is 0.654. The van der Waals surface area contributed by atoms with Crippen LogP contribution in [0.1, 0.15) is 16.8 Å². The van der Waals surface area contributed by atoms with Gasteiger partial charge in [-0.3, -0.25) is 10.4 Å². The van der Waals surface area contributed by atoms with Gasteiger partial charge in [0.25, 0.3) is 0 Å². The molecule has 0 aliphatic carbocycles. The van der Waals surface area contributed by atoms with Crippen molar-refractivity contribution in [2.45, 2.75) is 19.6 Å². The molecule has 0 spiro atoms. The Morgan fingerprint density at radius 3 is 2.65 bits per heavy atom. The number of carbonyl (C=O) groups excluding carboxylic acids is 1. The standard InChI is InChI=1S/C19H18ClN5O/c20-14-8-6-13(7-9-14)10-21-19(26)22-18-16-11-25(12-17(16)23-24-18)15-4-2-1-3-5-15/h1-9H,10-12H2,(H3,21,22,23,24,26). The SMILES string of the molecule is O=C(NCc1ccc(Cl)cc1)Nc1[nH]nc2c1CN(c1ccccc1)C2. The van der Waals surface area contributed by atoms with Crippen LogP contribution in [0.5, 0.6) is 0 Å². The van der Waals surface area contributed by atoms with E-state index < -0.39 is 0 Å². The number of aromatic nitrogens is 2. The van der Waals surface area contributed by atoms with Crippen molar-refractivity contribution in [3.63, 3.8) is 0 Å². The summed E-state index contributed by atoms with van der Waals surface area (Å²) in [6.45, 7) is 1.86. The van der Waals surface area contributed by atoms with Gasteiger partial charge in [0, 0.05) is 29.4 Å². The fourth-order valence-electron chi connectivity index (χ4n) is 3.00. The highest BCUT2D eigenvalue weighted by molar-refractivity contribution is 6.30. The van der Waals surface area contributed by atoms with Gasteiger partial charge in [0.2, 0.25) is 0 Å². The first-order valence-corrected chi connectivity index (χ1v) is 8.72. The first-order valence-electron chi connectivity index (χ1n) is 8.34. The third-order valence-corrected chi connectivity index (χ3v) is 4.62. The van der Waals surface area contributed by atoms with Crippen LogP contribution in [-0.4, -0.2) is 16.2 Å². The number of anilines is 2. The van der Waals surface area contributed by atoms with Gasteiger partial charge in [-0.2, -0.15) is 5.10 Å². The zero-order valence-corrected chi connectivity index (χ0v) is 14.8. The summed E-state index contributed by atoms with van der Waals surface area (Å²) in [4.78, 5) is 14.4. The maximum atomic E-state index is 12.2. The van der Waals surface area contributed by atoms with Gasteiger partial charge in [-0.15, -0.1) is 0 Å². The van der Waals surface area contributed by atoms with Crippen LogP contribution in [0.25, 0.3) is 0 Å². The Hall–Kier alpha value is -2.99. The molecule has 7 heteroatoms. The number of carbonyl (C=O) groups is 1. The second kappa shape index (κ2) is 7.09. The summed E-state index contributed by atoms with van der Waals surface area (Å²) >= 11 is 5.86. The Bertz CT molecular complexity index is 907. The van der Waals surface area contributed by atoms with Crippen LogP contribution in [0, 0.1) is 0 Å². The number of aromatic amines is 1. The molecule has 1 aliphatic heterocycles. The van der Waals surface area contributed by atoms with E-state index in [9.17, 15) is 4.79 Å². The van der Waals surface area contributed by atoms with Crippen LogP contribution in [0.15, 0.2) is 54.6 Å². The van der Waals surface area contributed by atoms with Crippen LogP contribution in [0.2, 0.25) is 5.02 Å². The van der Waals surface area contributed by atoms with Crippen LogP contribution < -0.4 is 15.5 Å². The average molecular weight is 368 g/mol. The molecule has 26 heavy (non-hydrogen) atoms. The van der Waals surface area contributed by atoms with Crippen molar-refractivity contribution >= 4 is 29.1 Å². The minimum absolute atomic E-state index is 0.274. The average Bonchev–Trinajstić information content (AvgIpc) is 3.24. The van der Waals surface area contributed by atoms with Crippen LogP contribution >= 0.6 is 11.6 Å². The number of fused-ring (bicyclic) bond motifs is 1. The van der Waals surface area contributed by atoms with Gasteiger partial charge in [0.05, 0.1) is 12.2 Å². The lowest BCUT2D eigenvalue weighted by atomic mass is 10.2. The summed E-state index contributed by atoms with van der Waals surface area (Å²) in [6, 6.07) is 17.3. The number of hydrogen-bond acceptors (Lipinski definition) is 3. The van der Waals surface area contributed by atoms with E-state index in [1.807, 2.05) is 30.3 Å². The Balaban J connectivity index is 1.37. The molecule has 2 amide bonds. The monoisotopic (exact) mass is 367 g/mol. The maximum Gasteiger partial charge on any atom is 0.320 e. The number of nitrogens with zero attached hydrogens (tertiary/aromatic N) is 2. The van der Waals surface area contributed by atoms with Crippen LogP contribution in [0.3, 0.4) is 0 Å². The lowest BCUT2D eigenvalue weighted by Crippen LogP contribution is -2.28. The van der Waals surface area contributed by atoms with Crippen molar-refractivity contribution in [3.8, 4) is 0 Å². The van der Waals surface area contributed by atoms with E-state index in [2.05, 4.69) is 37.9 Å². The second-order valence-corrected chi connectivity index (χ2v) is 6.59. The normalized spacial score (nSPS) is 12.7. The number of amides is 2. The Labute approximate surface area is 156 Å². The highest BCUT2D eigenvalue weighted by atomic mass is 35.5. The highest BCUT2D eigenvalue weighted by Gasteiger charge is 2.26. The number of para-hydroxylation sites is 1. The summed E-state index contributed by atoms with van der Waals surface area (Å²) in [7, 11) is 0. The zero-order valence-electron chi connectivity index (χ0n) is 14.0. The van der Waals surface area contributed by atoms with Crippen molar-refractivity contribution in [2.75, 3.05) is 10.2 Å². The molecule has 0 radical (unpaired) electrons. The van der Waals surface area contributed by atoms with Crippen molar-refractivity contribution in [1.29, 1.82) is 0 Å². The van der Waals surface area contributed by atoms with Crippen molar-refractivity contribution < 1.29 is 4.79 Å². The minimum Gasteiger partial charge on any atom is -0.361 e. The molecular formula is C19H18ClN5O. The third kappa shape index (κ3) is 3.50. The van der Waals surface area contributed by atoms with E-state index >= 15 is 0 Å². The highest BCUT2D eigenvalue weighted by Crippen LogP contribution is 2.30. The molecule has 1 aliphatic rings. The molecule has 3 aromatic rings. The first-order chi connectivity index (χ1) is 12.7. The van der Waals surface area contributed by atoms with Gasteiger partial charge in [-0.05, 0) is 29.8 Å². The molecule has 0 unspecified atom stereocenters. The summed E-state index contributed by atoms with van der Waals surface area (Å²) in [5.41, 5.74) is 4.11. The lowest BCUT2D eigenvalue weighted by Gasteiger charge is -2.17. The van der Waals surface area contributed by atoms with E-state index in [4.69, 9.17) is 11.6 Å². The molecule has 1 aromatic heterocycles. The molecule has 6 nitrogen and oxygen atoms in total. The van der Waals surface area contributed by atoms with Gasteiger partial charge >= 0.3 is 6.03 Å². The Morgan fingerprint density at radius 1 is 1.12 bits per heavy atom. The molecular weight excluding hydrogens is 350 g/mol. The number of hydrogen-bond donors (Lipinski definition) is 3. The molecule has 0 atom stereocenters. The molecule has 0 saturated carbocycles. The minimum atomic E-state index is -0.274. The molecule has 2 heterocycles. The summed E-state index contributed by atoms with van der Waals surface area (Å²) in [6.07, 6.45) is 0. The van der Waals surface area contributed by atoms with Crippen LogP contribution in [0.4, 0.5) is 16.3 Å². The third-order valence-electron chi connectivity index (χ3n) is 4.37. The number of H-pyrrole nitrogens is 1. The number of urea groups is 1. The second-order valence-electron chi connectivity index (χ2n) is 6.15. The van der Waals surface area contributed by atoms with Gasteiger partial charge < -0.3 is 10.2 Å². The fraction of sp³-hybridized carbons (Fsp3) is 0.158. The molecule has 0 saturated heterocycles. The van der Waals surface area contributed by atoms with E-state index in [0.29, 0.717) is 23.9 Å². The number of nitrogens with one attached hydrogen (secondary N) is 3. The van der Waals surface area contributed by atoms with Crippen LogP contribution in [-0.2, 0) is 19.6 Å². The zero-order chi connectivity index (χ0) is 17.9. The van der Waals surface area contributed by atoms with E-state index in [1.54, 1.807) is 12.1 Å². The van der Waals surface area contributed by atoms with Gasteiger partial charge in [-0.1, -0.05) is 41.9 Å². The molecule has 0 bridgehead atoms. The number of benzene rings is 2. The van der Waals surface area contributed by atoms with E-state index in [1.165, 1.54) is 0 Å². The Morgan fingerprint density at radius 2 is 1.88 bits per heavy atom. The van der Waals surface area contributed by atoms with E-state index in [-0.39, 0.29) is 6.03 Å². The molecule has 2 aromatic carbocycles. The fourth-order valence-corrected chi connectivity index (χ4v) is 3.12. The summed E-state index contributed by atoms with van der Waals surface area (Å²) in [5.74, 6) is 0.645. The lowest BCUT2D eigenvalue weighted by molar-refractivity contribution is 0.251. The predicted octanol–water partition coefficient (Wildman–Crippen LogP) is 3.91. The van der Waals surface area contributed by atoms with Gasteiger partial charge in [-0.25, -0.2) is 4.79 Å². The molecule has 132 valence electrons. The van der Waals surface area contributed by atoms with E-state index in [0.717, 1.165) is 29.1 Å². The van der Waals surface area contributed by atoms with Gasteiger partial charge in [0.1, 0.15) is 5.82 Å². The van der Waals surface area contributed by atoms with Crippen molar-refractivity contribution in [3.05, 3.63) is 76.4 Å². The van der Waals surface area contributed by atoms with Crippen molar-refractivity contribution in [2.24, 2.45) is 0 Å². The summed E-state index contributed by atoms with van der Waals surface area (Å²) in [5, 5.41) is 13.6. The molecule has 0 fully saturated rings. The Kier molecular flexibility index (Phi) is 4.50. The maximum absolute atomic E-state index is 12.2. The topological polar surface area (TPSA) is 73.0 Å². The number of halogens is 1. The predicted molar refractivity (Wildman–Crippen MR) is 102 cm³/mol. The summed E-state index contributed by atoms with van der Waals surface area (Å²) < 4.78 is 0. The smallest absolute Gasteiger partial charge is 0.320 e. The van der Waals surface area contributed by atoms with Gasteiger partial charge in [0.15, 0.2) is 0 Å². The van der Waals surface area contributed by atoms with Crippen molar-refractivity contribution in [1.82, 2.24) is 15.5 Å². The molecule has 3 N–H and O–H groups in total. The first kappa shape index (κ1) is 16.5. The molecule has 4 rings (SSSR count). The number of rotatable bonds is 4. The largest absolute Gasteiger partial charge is 0.361 e.